The van der Waals surface area contributed by atoms with Crippen LogP contribution < -0.4 is 5.56 Å². The van der Waals surface area contributed by atoms with E-state index in [-0.39, 0.29) is 5.56 Å². The first-order chi connectivity index (χ1) is 6.72. The smallest absolute Gasteiger partial charge is 0.260 e. The van der Waals surface area contributed by atoms with Gasteiger partial charge in [0.25, 0.3) is 5.56 Å². The zero-order valence-corrected chi connectivity index (χ0v) is 8.32. The fourth-order valence-corrected chi connectivity index (χ4v) is 1.43. The quantitative estimate of drug-likeness (QED) is 0.680. The minimum Gasteiger partial charge on any atom is -0.269 e. The van der Waals surface area contributed by atoms with Crippen LogP contribution in [0.25, 0.3) is 5.65 Å². The maximum atomic E-state index is 11.7. The van der Waals surface area contributed by atoms with Gasteiger partial charge in [0.05, 0.1) is 0 Å². The van der Waals surface area contributed by atoms with Gasteiger partial charge < -0.3 is 0 Å². The van der Waals surface area contributed by atoms with Crippen LogP contribution in [0.3, 0.4) is 0 Å². The van der Waals surface area contributed by atoms with E-state index in [2.05, 4.69) is 11.9 Å². The first kappa shape index (κ1) is 8.94. The molecular formula is C11H12N2O. The van der Waals surface area contributed by atoms with Gasteiger partial charge in [-0.1, -0.05) is 6.92 Å². The minimum atomic E-state index is 0.0117. The van der Waals surface area contributed by atoms with Crippen LogP contribution in [0.5, 0.6) is 0 Å². The molecule has 0 saturated heterocycles. The molecule has 3 heteroatoms. The van der Waals surface area contributed by atoms with Gasteiger partial charge in [-0.3, -0.25) is 9.20 Å². The summed E-state index contributed by atoms with van der Waals surface area (Å²) in [5.74, 6) is 0. The molecule has 2 aromatic rings. The van der Waals surface area contributed by atoms with E-state index >= 15 is 0 Å². The molecule has 0 fully saturated rings. The number of hydrogen-bond donors (Lipinski definition) is 0. The van der Waals surface area contributed by atoms with Crippen LogP contribution in [-0.4, -0.2) is 9.38 Å². The summed E-state index contributed by atoms with van der Waals surface area (Å²) in [4.78, 5) is 15.9. The van der Waals surface area contributed by atoms with Crippen molar-refractivity contribution in [1.82, 2.24) is 9.38 Å². The lowest BCUT2D eigenvalue weighted by atomic mass is 10.2. The van der Waals surface area contributed by atoms with Crippen molar-refractivity contribution in [3.63, 3.8) is 0 Å². The van der Waals surface area contributed by atoms with Crippen molar-refractivity contribution in [1.29, 1.82) is 0 Å². The van der Waals surface area contributed by atoms with E-state index in [0.717, 1.165) is 12.1 Å². The summed E-state index contributed by atoms with van der Waals surface area (Å²) in [6, 6.07) is 3.90. The zero-order chi connectivity index (χ0) is 10.1. The summed E-state index contributed by atoms with van der Waals surface area (Å²) in [5, 5.41) is 0. The predicted molar refractivity (Wildman–Crippen MR) is 55.6 cm³/mol. The molecule has 0 aliphatic carbocycles. The molecule has 0 amide bonds. The van der Waals surface area contributed by atoms with Crippen LogP contribution in [-0.2, 0) is 6.42 Å². The van der Waals surface area contributed by atoms with E-state index in [1.54, 1.807) is 23.7 Å². The van der Waals surface area contributed by atoms with E-state index in [4.69, 9.17) is 0 Å². The monoisotopic (exact) mass is 188 g/mol. The van der Waals surface area contributed by atoms with Crippen molar-refractivity contribution in [2.45, 2.75) is 20.3 Å². The molecule has 0 spiro atoms. The molecular weight excluding hydrogens is 176 g/mol. The molecule has 14 heavy (non-hydrogen) atoms. The summed E-state index contributed by atoms with van der Waals surface area (Å²) in [5.41, 5.74) is 2.60. The van der Waals surface area contributed by atoms with Gasteiger partial charge in [0.2, 0.25) is 0 Å². The second kappa shape index (κ2) is 3.25. The molecule has 0 aliphatic heterocycles. The number of hydrogen-bond acceptors (Lipinski definition) is 2. The molecule has 2 rings (SSSR count). The van der Waals surface area contributed by atoms with Crippen LogP contribution in [0.15, 0.2) is 29.3 Å². The molecule has 72 valence electrons. The molecule has 3 nitrogen and oxygen atoms in total. The molecule has 0 saturated carbocycles. The Morgan fingerprint density at radius 2 is 2.29 bits per heavy atom. The van der Waals surface area contributed by atoms with Crippen molar-refractivity contribution in [3.05, 3.63) is 46.0 Å². The fourth-order valence-electron chi connectivity index (χ4n) is 1.43. The number of aromatic nitrogens is 2. The van der Waals surface area contributed by atoms with Crippen LogP contribution in [0.2, 0.25) is 0 Å². The van der Waals surface area contributed by atoms with Crippen LogP contribution in [0.4, 0.5) is 0 Å². The van der Waals surface area contributed by atoms with Crippen molar-refractivity contribution < 1.29 is 0 Å². The van der Waals surface area contributed by atoms with E-state index < -0.39 is 0 Å². The van der Waals surface area contributed by atoms with Gasteiger partial charge in [-0.25, -0.2) is 4.98 Å². The third kappa shape index (κ3) is 1.31. The average molecular weight is 188 g/mol. The Morgan fingerprint density at radius 3 is 3.00 bits per heavy atom. The van der Waals surface area contributed by atoms with Gasteiger partial charge in [0, 0.05) is 18.0 Å². The molecule has 0 bridgehead atoms. The normalized spacial score (nSPS) is 10.7. The molecule has 0 N–H and O–H groups in total. The highest BCUT2D eigenvalue weighted by atomic mass is 16.1. The maximum absolute atomic E-state index is 11.7. The van der Waals surface area contributed by atoms with E-state index in [9.17, 15) is 4.79 Å². The molecule has 2 aromatic heterocycles. The molecule has 0 radical (unpaired) electrons. The first-order valence-corrected chi connectivity index (χ1v) is 4.69. The van der Waals surface area contributed by atoms with E-state index in [1.807, 2.05) is 12.1 Å². The van der Waals surface area contributed by atoms with Crippen molar-refractivity contribution in [2.24, 2.45) is 0 Å². The Balaban J connectivity index is 2.81. The SMILES string of the molecule is CCc1ccn2c(=O)c(C)cnc2c1. The van der Waals surface area contributed by atoms with E-state index in [0.29, 0.717) is 5.56 Å². The van der Waals surface area contributed by atoms with Crippen molar-refractivity contribution in [3.8, 4) is 0 Å². The Kier molecular flexibility index (Phi) is 2.08. The standard InChI is InChI=1S/C11H12N2O/c1-3-9-4-5-13-10(6-9)12-7-8(2)11(13)14/h4-7H,3H2,1-2H3. The highest BCUT2D eigenvalue weighted by molar-refractivity contribution is 5.41. The lowest BCUT2D eigenvalue weighted by molar-refractivity contribution is 0.997. The summed E-state index contributed by atoms with van der Waals surface area (Å²) in [6.07, 6.45) is 4.37. The molecule has 0 atom stereocenters. The Labute approximate surface area is 82.0 Å². The lowest BCUT2D eigenvalue weighted by Gasteiger charge is -2.02. The second-order valence-corrected chi connectivity index (χ2v) is 3.36. The number of rotatable bonds is 1. The van der Waals surface area contributed by atoms with Gasteiger partial charge in [-0.15, -0.1) is 0 Å². The van der Waals surface area contributed by atoms with E-state index in [1.165, 1.54) is 5.56 Å². The van der Waals surface area contributed by atoms with Crippen LogP contribution >= 0.6 is 0 Å². The number of fused-ring (bicyclic) bond motifs is 1. The highest BCUT2D eigenvalue weighted by Gasteiger charge is 2.00. The van der Waals surface area contributed by atoms with Gasteiger partial charge in [-0.2, -0.15) is 0 Å². The number of nitrogens with zero attached hydrogens (tertiary/aromatic N) is 2. The summed E-state index contributed by atoms with van der Waals surface area (Å²) in [6.45, 7) is 3.85. The lowest BCUT2D eigenvalue weighted by Crippen LogP contribution is -2.16. The highest BCUT2D eigenvalue weighted by Crippen LogP contribution is 2.03. The van der Waals surface area contributed by atoms with Crippen molar-refractivity contribution in [2.75, 3.05) is 0 Å². The zero-order valence-electron chi connectivity index (χ0n) is 8.32. The molecule has 2 heterocycles. The summed E-state index contributed by atoms with van der Waals surface area (Å²) < 4.78 is 1.58. The van der Waals surface area contributed by atoms with Crippen LogP contribution in [0, 0.1) is 6.92 Å². The Hall–Kier alpha value is -1.64. The van der Waals surface area contributed by atoms with Crippen molar-refractivity contribution >= 4 is 5.65 Å². The second-order valence-electron chi connectivity index (χ2n) is 3.36. The van der Waals surface area contributed by atoms with Crippen LogP contribution in [0.1, 0.15) is 18.1 Å². The van der Waals surface area contributed by atoms with Gasteiger partial charge in [0.15, 0.2) is 0 Å². The van der Waals surface area contributed by atoms with Gasteiger partial charge in [-0.05, 0) is 31.0 Å². The predicted octanol–water partition coefficient (Wildman–Crippen LogP) is 1.57. The minimum absolute atomic E-state index is 0.0117. The first-order valence-electron chi connectivity index (χ1n) is 4.69. The van der Waals surface area contributed by atoms with Gasteiger partial charge >= 0.3 is 0 Å². The van der Waals surface area contributed by atoms with Gasteiger partial charge in [0.1, 0.15) is 5.65 Å². The largest absolute Gasteiger partial charge is 0.269 e. The third-order valence-electron chi connectivity index (χ3n) is 2.35. The summed E-state index contributed by atoms with van der Waals surface area (Å²) >= 11 is 0. The average Bonchev–Trinajstić information content (AvgIpc) is 2.23. The summed E-state index contributed by atoms with van der Waals surface area (Å²) in [7, 11) is 0. The fraction of sp³-hybridized carbons (Fsp3) is 0.273. The topological polar surface area (TPSA) is 34.4 Å². The molecule has 0 aromatic carbocycles. The molecule has 0 aliphatic rings. The third-order valence-corrected chi connectivity index (χ3v) is 2.35. The number of aryl methyl sites for hydroxylation is 2. The molecule has 0 unspecified atom stereocenters. The number of pyridine rings is 1. The maximum Gasteiger partial charge on any atom is 0.260 e. The Bertz CT molecular complexity index is 528. The Morgan fingerprint density at radius 1 is 1.50 bits per heavy atom.